The van der Waals surface area contributed by atoms with E-state index >= 15 is 0 Å². The number of ether oxygens (including phenoxy) is 1. The molecule has 0 fully saturated rings. The lowest BCUT2D eigenvalue weighted by Gasteiger charge is -2.10. The van der Waals surface area contributed by atoms with Crippen LogP contribution in [0.15, 0.2) is 30.3 Å². The molecule has 1 aromatic heterocycles. The van der Waals surface area contributed by atoms with Crippen LogP contribution in [0.1, 0.15) is 37.6 Å². The third-order valence-electron chi connectivity index (χ3n) is 3.75. The van der Waals surface area contributed by atoms with Crippen molar-refractivity contribution in [2.75, 3.05) is 25.1 Å². The summed E-state index contributed by atoms with van der Waals surface area (Å²) in [5.74, 6) is 0. The third kappa shape index (κ3) is 6.23. The number of nitrogens with one attached hydrogen (secondary N) is 2. The third-order valence-corrected chi connectivity index (χ3v) is 3.75. The van der Waals surface area contributed by atoms with Crippen molar-refractivity contribution in [3.8, 4) is 5.69 Å². The zero-order chi connectivity index (χ0) is 18.1. The van der Waals surface area contributed by atoms with E-state index in [1.807, 2.05) is 48.9 Å². The van der Waals surface area contributed by atoms with E-state index in [0.717, 1.165) is 48.6 Å². The van der Waals surface area contributed by atoms with Gasteiger partial charge in [-0.2, -0.15) is 5.10 Å². The van der Waals surface area contributed by atoms with Gasteiger partial charge < -0.3 is 15.4 Å². The first-order valence-corrected chi connectivity index (χ1v) is 8.86. The zero-order valence-electron chi connectivity index (χ0n) is 15.3. The number of rotatable bonds is 9. The van der Waals surface area contributed by atoms with E-state index in [2.05, 4.69) is 22.7 Å². The summed E-state index contributed by atoms with van der Waals surface area (Å²) in [6.45, 7) is 8.17. The van der Waals surface area contributed by atoms with Crippen LogP contribution in [0.2, 0.25) is 0 Å². The SMILES string of the molecule is CCCCOCCCNC(=O)Nc1cccc(-n2nc(C)cc2C)c1. The second-order valence-electron chi connectivity index (χ2n) is 6.09. The molecule has 0 unspecified atom stereocenters. The lowest BCUT2D eigenvalue weighted by molar-refractivity contribution is 0.129. The Hall–Kier alpha value is -2.34. The fourth-order valence-corrected chi connectivity index (χ4v) is 2.51. The Kier molecular flexibility index (Phi) is 7.47. The van der Waals surface area contributed by atoms with E-state index in [9.17, 15) is 4.79 Å². The van der Waals surface area contributed by atoms with Crippen LogP contribution in [-0.4, -0.2) is 35.6 Å². The van der Waals surface area contributed by atoms with Gasteiger partial charge in [0.2, 0.25) is 0 Å². The maximum Gasteiger partial charge on any atom is 0.319 e. The van der Waals surface area contributed by atoms with Crippen molar-refractivity contribution in [2.24, 2.45) is 0 Å². The van der Waals surface area contributed by atoms with Crippen molar-refractivity contribution in [3.05, 3.63) is 41.7 Å². The molecule has 2 N–H and O–H groups in total. The van der Waals surface area contributed by atoms with Crippen LogP contribution in [0.25, 0.3) is 5.69 Å². The minimum atomic E-state index is -0.209. The minimum absolute atomic E-state index is 0.209. The van der Waals surface area contributed by atoms with Gasteiger partial charge in [-0.25, -0.2) is 9.48 Å². The Labute approximate surface area is 149 Å². The Balaban J connectivity index is 1.79. The number of carbonyl (C=O) groups is 1. The fourth-order valence-electron chi connectivity index (χ4n) is 2.51. The Morgan fingerprint density at radius 3 is 2.72 bits per heavy atom. The molecule has 0 aliphatic carbocycles. The Morgan fingerprint density at radius 1 is 1.20 bits per heavy atom. The van der Waals surface area contributed by atoms with Crippen molar-refractivity contribution < 1.29 is 9.53 Å². The molecule has 0 radical (unpaired) electrons. The molecule has 0 bridgehead atoms. The maximum absolute atomic E-state index is 12.0. The smallest absolute Gasteiger partial charge is 0.319 e. The Bertz CT molecular complexity index is 682. The van der Waals surface area contributed by atoms with Crippen molar-refractivity contribution in [2.45, 2.75) is 40.0 Å². The molecular formula is C19H28N4O2. The van der Waals surface area contributed by atoms with E-state index in [1.54, 1.807) is 0 Å². The van der Waals surface area contributed by atoms with Crippen LogP contribution in [0, 0.1) is 13.8 Å². The van der Waals surface area contributed by atoms with E-state index in [-0.39, 0.29) is 6.03 Å². The lowest BCUT2D eigenvalue weighted by atomic mass is 10.2. The molecule has 1 heterocycles. The number of carbonyl (C=O) groups excluding carboxylic acids is 1. The molecule has 136 valence electrons. The van der Waals surface area contributed by atoms with Crippen LogP contribution in [0.5, 0.6) is 0 Å². The molecule has 0 aliphatic heterocycles. The normalized spacial score (nSPS) is 10.7. The number of anilines is 1. The van der Waals surface area contributed by atoms with Gasteiger partial charge in [0, 0.05) is 31.1 Å². The molecule has 2 rings (SSSR count). The fraction of sp³-hybridized carbons (Fsp3) is 0.474. The average Bonchev–Trinajstić information content (AvgIpc) is 2.93. The number of benzene rings is 1. The molecule has 1 aromatic carbocycles. The standard InChI is InChI=1S/C19H28N4O2/c1-4-5-11-25-12-7-10-20-19(24)21-17-8-6-9-18(14-17)23-16(3)13-15(2)22-23/h6,8-9,13-14H,4-5,7,10-12H2,1-3H3,(H2,20,21,24). The number of aryl methyl sites for hydroxylation is 2. The molecule has 6 heteroatoms. The number of amides is 2. The topological polar surface area (TPSA) is 68.2 Å². The largest absolute Gasteiger partial charge is 0.381 e. The van der Waals surface area contributed by atoms with Gasteiger partial charge >= 0.3 is 6.03 Å². The van der Waals surface area contributed by atoms with Crippen LogP contribution in [0.3, 0.4) is 0 Å². The quantitative estimate of drug-likeness (QED) is 0.680. The lowest BCUT2D eigenvalue weighted by Crippen LogP contribution is -2.30. The van der Waals surface area contributed by atoms with Gasteiger partial charge in [0.25, 0.3) is 0 Å². The van der Waals surface area contributed by atoms with Crippen molar-refractivity contribution >= 4 is 11.7 Å². The van der Waals surface area contributed by atoms with E-state index < -0.39 is 0 Å². The van der Waals surface area contributed by atoms with Crippen LogP contribution in [0.4, 0.5) is 10.5 Å². The number of aromatic nitrogens is 2. The molecule has 2 amide bonds. The Morgan fingerprint density at radius 2 is 2.00 bits per heavy atom. The van der Waals surface area contributed by atoms with E-state index in [4.69, 9.17) is 4.74 Å². The number of hydrogen-bond donors (Lipinski definition) is 2. The minimum Gasteiger partial charge on any atom is -0.381 e. The van der Waals surface area contributed by atoms with Crippen LogP contribution < -0.4 is 10.6 Å². The van der Waals surface area contributed by atoms with Gasteiger partial charge in [-0.05, 0) is 51.0 Å². The summed E-state index contributed by atoms with van der Waals surface area (Å²) in [6, 6.07) is 9.46. The predicted molar refractivity (Wildman–Crippen MR) is 100 cm³/mol. The summed E-state index contributed by atoms with van der Waals surface area (Å²) in [4.78, 5) is 12.0. The van der Waals surface area contributed by atoms with Gasteiger partial charge in [-0.1, -0.05) is 19.4 Å². The van der Waals surface area contributed by atoms with Crippen molar-refractivity contribution in [3.63, 3.8) is 0 Å². The molecule has 0 saturated carbocycles. The van der Waals surface area contributed by atoms with Gasteiger partial charge in [0.15, 0.2) is 0 Å². The summed E-state index contributed by atoms with van der Waals surface area (Å²) >= 11 is 0. The van der Waals surface area contributed by atoms with E-state index in [0.29, 0.717) is 13.2 Å². The number of hydrogen-bond acceptors (Lipinski definition) is 3. The molecular weight excluding hydrogens is 316 g/mol. The highest BCUT2D eigenvalue weighted by molar-refractivity contribution is 5.89. The zero-order valence-corrected chi connectivity index (χ0v) is 15.3. The summed E-state index contributed by atoms with van der Waals surface area (Å²) in [6.07, 6.45) is 3.03. The number of unbranched alkanes of at least 4 members (excludes halogenated alkanes) is 1. The molecule has 0 spiro atoms. The first kappa shape index (κ1) is 19.0. The highest BCUT2D eigenvalue weighted by Gasteiger charge is 2.06. The van der Waals surface area contributed by atoms with Gasteiger partial charge in [-0.3, -0.25) is 0 Å². The monoisotopic (exact) mass is 344 g/mol. The molecule has 2 aromatic rings. The number of urea groups is 1. The molecule has 6 nitrogen and oxygen atoms in total. The van der Waals surface area contributed by atoms with Crippen LogP contribution in [-0.2, 0) is 4.74 Å². The maximum atomic E-state index is 12.0. The molecule has 0 aliphatic rings. The van der Waals surface area contributed by atoms with Crippen molar-refractivity contribution in [1.82, 2.24) is 15.1 Å². The highest BCUT2D eigenvalue weighted by Crippen LogP contribution is 2.16. The summed E-state index contributed by atoms with van der Waals surface area (Å²) in [5.41, 5.74) is 3.69. The molecule has 0 saturated heterocycles. The second-order valence-corrected chi connectivity index (χ2v) is 6.09. The average molecular weight is 344 g/mol. The first-order valence-electron chi connectivity index (χ1n) is 8.86. The van der Waals surface area contributed by atoms with Gasteiger partial charge in [0.05, 0.1) is 11.4 Å². The molecule has 25 heavy (non-hydrogen) atoms. The summed E-state index contributed by atoms with van der Waals surface area (Å²) in [5, 5.41) is 10.2. The van der Waals surface area contributed by atoms with Crippen LogP contribution >= 0.6 is 0 Å². The van der Waals surface area contributed by atoms with Gasteiger partial charge in [-0.15, -0.1) is 0 Å². The van der Waals surface area contributed by atoms with Crippen molar-refractivity contribution in [1.29, 1.82) is 0 Å². The predicted octanol–water partition coefficient (Wildman–Crippen LogP) is 3.82. The molecule has 0 atom stereocenters. The van der Waals surface area contributed by atoms with E-state index in [1.165, 1.54) is 0 Å². The first-order chi connectivity index (χ1) is 12.1. The van der Waals surface area contributed by atoms with Gasteiger partial charge in [0.1, 0.15) is 0 Å². The summed E-state index contributed by atoms with van der Waals surface area (Å²) in [7, 11) is 0. The number of nitrogens with zero attached hydrogens (tertiary/aromatic N) is 2. The summed E-state index contributed by atoms with van der Waals surface area (Å²) < 4.78 is 7.34. The highest BCUT2D eigenvalue weighted by atomic mass is 16.5. The second kappa shape index (κ2) is 9.84.